The number of aliphatic hydroxyl groups is 4. The van der Waals surface area contributed by atoms with Crippen LogP contribution < -0.4 is 0 Å². The largest absolute Gasteiger partial charge is 0.392 e. The van der Waals surface area contributed by atoms with Gasteiger partial charge in [-0.25, -0.2) is 0 Å². The zero-order valence-corrected chi connectivity index (χ0v) is 15.3. The molecule has 0 spiro atoms. The van der Waals surface area contributed by atoms with Gasteiger partial charge in [0.1, 0.15) is 0 Å². The Kier molecular flexibility index (Phi) is 8.92. The summed E-state index contributed by atoms with van der Waals surface area (Å²) in [5, 5.41) is 39.9. The SMILES string of the molecule is CC(C)/C1=C/C=C(/CO)CC/C=C(/CO)CC[C@H](O)[C@@](C)(O)CC1. The summed E-state index contributed by atoms with van der Waals surface area (Å²) in [5.74, 6) is 0.350. The van der Waals surface area contributed by atoms with Crippen LogP contribution in [0.3, 0.4) is 0 Å². The molecule has 0 radical (unpaired) electrons. The predicted molar refractivity (Wildman–Crippen MR) is 97.6 cm³/mol. The highest BCUT2D eigenvalue weighted by Gasteiger charge is 2.30. The zero-order chi connectivity index (χ0) is 18.2. The maximum Gasteiger partial charge on any atom is 0.0880 e. The van der Waals surface area contributed by atoms with Gasteiger partial charge in [0.25, 0.3) is 0 Å². The molecule has 1 aliphatic carbocycles. The molecule has 0 aliphatic heterocycles. The smallest absolute Gasteiger partial charge is 0.0880 e. The van der Waals surface area contributed by atoms with E-state index in [9.17, 15) is 20.4 Å². The van der Waals surface area contributed by atoms with Crippen molar-refractivity contribution in [3.63, 3.8) is 0 Å². The van der Waals surface area contributed by atoms with Gasteiger partial charge in [0.15, 0.2) is 0 Å². The van der Waals surface area contributed by atoms with Crippen molar-refractivity contribution in [1.29, 1.82) is 0 Å². The van der Waals surface area contributed by atoms with Crippen LogP contribution in [0.25, 0.3) is 0 Å². The Morgan fingerprint density at radius 3 is 2.33 bits per heavy atom. The number of allylic oxidation sites excluding steroid dienone is 4. The lowest BCUT2D eigenvalue weighted by atomic mass is 9.85. The molecule has 0 heterocycles. The molecule has 0 amide bonds. The number of hydrogen-bond donors (Lipinski definition) is 4. The zero-order valence-electron chi connectivity index (χ0n) is 15.3. The fourth-order valence-electron chi connectivity index (χ4n) is 2.91. The normalized spacial score (nSPS) is 34.5. The Morgan fingerprint density at radius 2 is 1.75 bits per heavy atom. The van der Waals surface area contributed by atoms with Crippen molar-refractivity contribution in [1.82, 2.24) is 0 Å². The van der Waals surface area contributed by atoms with Crippen LogP contribution in [-0.2, 0) is 0 Å². The van der Waals surface area contributed by atoms with Gasteiger partial charge in [-0.3, -0.25) is 0 Å². The van der Waals surface area contributed by atoms with Crippen LogP contribution >= 0.6 is 0 Å². The molecular weight excluding hydrogens is 304 g/mol. The monoisotopic (exact) mass is 338 g/mol. The van der Waals surface area contributed by atoms with Crippen molar-refractivity contribution in [3.05, 3.63) is 34.9 Å². The molecule has 0 saturated heterocycles. The van der Waals surface area contributed by atoms with Crippen LogP contribution in [0, 0.1) is 5.92 Å². The Hall–Kier alpha value is -0.940. The van der Waals surface area contributed by atoms with Crippen LogP contribution in [-0.4, -0.2) is 45.3 Å². The van der Waals surface area contributed by atoms with E-state index >= 15 is 0 Å². The van der Waals surface area contributed by atoms with Crippen molar-refractivity contribution in [2.24, 2.45) is 5.92 Å². The summed E-state index contributed by atoms with van der Waals surface area (Å²) in [6.45, 7) is 5.90. The first-order valence-corrected chi connectivity index (χ1v) is 8.98. The lowest BCUT2D eigenvalue weighted by Crippen LogP contribution is -2.39. The molecule has 1 aliphatic rings. The third kappa shape index (κ3) is 6.89. The minimum absolute atomic E-state index is 0.0284. The van der Waals surface area contributed by atoms with Gasteiger partial charge >= 0.3 is 0 Å². The predicted octanol–water partition coefficient (Wildman–Crippen LogP) is 2.87. The van der Waals surface area contributed by atoms with E-state index in [4.69, 9.17) is 0 Å². The summed E-state index contributed by atoms with van der Waals surface area (Å²) in [7, 11) is 0. The maximum atomic E-state index is 10.6. The molecule has 0 bridgehead atoms. The number of hydrogen-bond acceptors (Lipinski definition) is 4. The summed E-state index contributed by atoms with van der Waals surface area (Å²) in [6.07, 6.45) is 8.87. The second-order valence-electron chi connectivity index (χ2n) is 7.35. The first-order valence-electron chi connectivity index (χ1n) is 8.98. The molecular formula is C20H34O4. The van der Waals surface area contributed by atoms with Crippen molar-refractivity contribution in [2.45, 2.75) is 71.0 Å². The first-order chi connectivity index (χ1) is 11.3. The average Bonchev–Trinajstić information content (AvgIpc) is 2.54. The van der Waals surface area contributed by atoms with Gasteiger partial charge in [0.2, 0.25) is 0 Å². The number of aliphatic hydroxyl groups excluding tert-OH is 3. The maximum absolute atomic E-state index is 10.6. The van der Waals surface area contributed by atoms with Crippen LogP contribution in [0.5, 0.6) is 0 Å². The summed E-state index contributed by atoms with van der Waals surface area (Å²) in [4.78, 5) is 0. The van der Waals surface area contributed by atoms with Gasteiger partial charge in [-0.2, -0.15) is 0 Å². The molecule has 4 heteroatoms. The van der Waals surface area contributed by atoms with Gasteiger partial charge in [0.05, 0.1) is 24.9 Å². The standard InChI is InChI=1S/C20H34O4/c1-15(2)18-9-7-16(13-21)5-4-6-17(14-22)8-10-19(23)20(3,24)12-11-18/h6-7,9,15,19,21-24H,4-5,8,10-14H2,1-3H3/b16-7+,17-6+,18-9+/t19-,20-/m0/s1. The second-order valence-corrected chi connectivity index (χ2v) is 7.35. The van der Waals surface area contributed by atoms with Crippen molar-refractivity contribution >= 4 is 0 Å². The molecule has 4 nitrogen and oxygen atoms in total. The van der Waals surface area contributed by atoms with E-state index in [1.54, 1.807) is 6.92 Å². The van der Waals surface area contributed by atoms with E-state index in [1.807, 2.05) is 18.2 Å². The van der Waals surface area contributed by atoms with Gasteiger partial charge in [-0.1, -0.05) is 37.6 Å². The van der Waals surface area contributed by atoms with E-state index < -0.39 is 11.7 Å². The minimum atomic E-state index is -1.15. The highest BCUT2D eigenvalue weighted by molar-refractivity contribution is 5.20. The van der Waals surface area contributed by atoms with Crippen molar-refractivity contribution < 1.29 is 20.4 Å². The Balaban J connectivity index is 3.07. The molecule has 4 N–H and O–H groups in total. The van der Waals surface area contributed by atoms with E-state index in [-0.39, 0.29) is 13.2 Å². The highest BCUT2D eigenvalue weighted by Crippen LogP contribution is 2.27. The Morgan fingerprint density at radius 1 is 1.08 bits per heavy atom. The third-order valence-corrected chi connectivity index (χ3v) is 4.96. The molecule has 0 fully saturated rings. The average molecular weight is 338 g/mol. The molecule has 1 rings (SSSR count). The van der Waals surface area contributed by atoms with E-state index in [1.165, 1.54) is 5.57 Å². The van der Waals surface area contributed by atoms with E-state index in [2.05, 4.69) is 13.8 Å². The fourth-order valence-corrected chi connectivity index (χ4v) is 2.91. The van der Waals surface area contributed by atoms with Gasteiger partial charge in [0, 0.05) is 0 Å². The topological polar surface area (TPSA) is 80.9 Å². The Bertz CT molecular complexity index is 472. The second kappa shape index (κ2) is 10.1. The lowest BCUT2D eigenvalue weighted by Gasteiger charge is -2.30. The van der Waals surface area contributed by atoms with Crippen LogP contribution in [0.15, 0.2) is 34.9 Å². The fraction of sp³-hybridized carbons (Fsp3) is 0.700. The van der Waals surface area contributed by atoms with Crippen LogP contribution in [0.4, 0.5) is 0 Å². The molecule has 0 aromatic heterocycles. The molecule has 24 heavy (non-hydrogen) atoms. The highest BCUT2D eigenvalue weighted by atomic mass is 16.3. The summed E-state index contributed by atoms with van der Waals surface area (Å²) in [5.41, 5.74) is 1.89. The molecule has 0 aromatic rings. The quantitative estimate of drug-likeness (QED) is 0.597. The van der Waals surface area contributed by atoms with Crippen LogP contribution in [0.1, 0.15) is 59.3 Å². The van der Waals surface area contributed by atoms with E-state index in [0.717, 1.165) is 24.0 Å². The van der Waals surface area contributed by atoms with E-state index in [0.29, 0.717) is 31.6 Å². The Labute approximate surface area is 146 Å². The number of rotatable bonds is 3. The van der Waals surface area contributed by atoms with Gasteiger partial charge in [-0.15, -0.1) is 0 Å². The molecule has 2 atom stereocenters. The molecule has 0 aromatic carbocycles. The van der Waals surface area contributed by atoms with Crippen molar-refractivity contribution in [3.8, 4) is 0 Å². The summed E-state index contributed by atoms with van der Waals surface area (Å²) >= 11 is 0. The van der Waals surface area contributed by atoms with Gasteiger partial charge < -0.3 is 20.4 Å². The lowest BCUT2D eigenvalue weighted by molar-refractivity contribution is -0.0698. The molecule has 138 valence electrons. The van der Waals surface area contributed by atoms with Crippen LogP contribution in [0.2, 0.25) is 0 Å². The first kappa shape index (κ1) is 21.1. The summed E-state index contributed by atoms with van der Waals surface area (Å²) in [6, 6.07) is 0. The van der Waals surface area contributed by atoms with Crippen molar-refractivity contribution in [2.75, 3.05) is 13.2 Å². The third-order valence-electron chi connectivity index (χ3n) is 4.96. The molecule has 0 unspecified atom stereocenters. The summed E-state index contributed by atoms with van der Waals surface area (Å²) < 4.78 is 0. The molecule has 0 saturated carbocycles. The van der Waals surface area contributed by atoms with Gasteiger partial charge in [-0.05, 0) is 62.5 Å². The minimum Gasteiger partial charge on any atom is -0.392 e.